The van der Waals surface area contributed by atoms with E-state index < -0.39 is 6.29 Å². The molecule has 0 rings (SSSR count). The Balaban J connectivity index is -0.000000143. The Labute approximate surface area is 144 Å². The van der Waals surface area contributed by atoms with E-state index in [0.29, 0.717) is 0 Å². The molecule has 3 nitrogen and oxygen atoms in total. The van der Waals surface area contributed by atoms with Crippen LogP contribution in [0.15, 0.2) is 0 Å². The maximum Gasteiger partial charge on any atom is 2.00 e. The number of rotatable bonds is 9. The van der Waals surface area contributed by atoms with Crippen molar-refractivity contribution in [2.75, 3.05) is 0 Å². The molecule has 0 aromatic carbocycles. The summed E-state index contributed by atoms with van der Waals surface area (Å²) in [6.07, 6.45) is 12.5. The number of hydrogen-bond acceptors (Lipinski definition) is 2. The first-order chi connectivity index (χ1) is 7.65. The van der Waals surface area contributed by atoms with Crippen molar-refractivity contribution in [3.05, 3.63) is 13.8 Å². The summed E-state index contributed by atoms with van der Waals surface area (Å²) in [7, 11) is 0. The van der Waals surface area contributed by atoms with Crippen LogP contribution >= 0.6 is 0 Å². The van der Waals surface area contributed by atoms with E-state index in [0.717, 1.165) is 6.42 Å². The normalized spacial score (nSPS) is 9.00. The van der Waals surface area contributed by atoms with E-state index in [1.807, 2.05) is 0 Å². The van der Waals surface area contributed by atoms with Gasteiger partial charge in [0.1, 0.15) is 0 Å². The second kappa shape index (κ2) is 26.7. The fraction of sp³-hybridized carbons (Fsp3) is 0.857. The third-order valence-electron chi connectivity index (χ3n) is 2.35. The van der Waals surface area contributed by atoms with Crippen molar-refractivity contribution in [1.29, 1.82) is 0 Å². The van der Waals surface area contributed by atoms with Crippen LogP contribution in [0, 0.1) is 13.8 Å². The topological polar surface area (TPSA) is 69.0 Å². The number of aliphatic hydroxyl groups is 2. The molecule has 0 fully saturated rings. The summed E-state index contributed by atoms with van der Waals surface area (Å²) >= 11 is 0. The van der Waals surface area contributed by atoms with Gasteiger partial charge in [0.15, 0.2) is 0 Å². The molecule has 0 aliphatic rings. The van der Waals surface area contributed by atoms with Crippen molar-refractivity contribution in [2.45, 2.75) is 77.4 Å². The number of hydrogen-bond donors (Lipinski definition) is 2. The standard InChI is InChI=1S/C12H25.C2H5O2.Ca.O/c1-3-5-7-9-11-12-10-8-6-4-2;1-2(3)4;;/h1,3-12H2,2H3;2-4H,1H2;;/q2*-1;+2;-2. The molecule has 0 amide bonds. The van der Waals surface area contributed by atoms with Crippen LogP contribution in [0.4, 0.5) is 0 Å². The van der Waals surface area contributed by atoms with Crippen LogP contribution in [-0.4, -0.2) is 54.2 Å². The van der Waals surface area contributed by atoms with Gasteiger partial charge < -0.3 is 22.6 Å². The summed E-state index contributed by atoms with van der Waals surface area (Å²) in [5, 5.41) is 15.0. The van der Waals surface area contributed by atoms with Crippen LogP contribution in [0.3, 0.4) is 0 Å². The number of aliphatic hydroxyl groups excluding tert-OH is 1. The maximum atomic E-state index is 7.50. The van der Waals surface area contributed by atoms with Crippen molar-refractivity contribution >= 4 is 37.7 Å². The molecule has 0 saturated carbocycles. The van der Waals surface area contributed by atoms with Crippen LogP contribution in [0.5, 0.6) is 0 Å². The molecule has 2 N–H and O–H groups in total. The van der Waals surface area contributed by atoms with Crippen LogP contribution in [-0.2, 0) is 5.48 Å². The van der Waals surface area contributed by atoms with Gasteiger partial charge in [0.2, 0.25) is 0 Å². The summed E-state index contributed by atoms with van der Waals surface area (Å²) in [4.78, 5) is 0. The smallest absolute Gasteiger partial charge is 2.00 e. The molecule has 0 aliphatic carbocycles. The van der Waals surface area contributed by atoms with Crippen molar-refractivity contribution in [2.24, 2.45) is 0 Å². The fourth-order valence-corrected chi connectivity index (χ4v) is 1.49. The van der Waals surface area contributed by atoms with E-state index in [1.165, 1.54) is 57.8 Å². The Kier molecular flexibility index (Phi) is 40.7. The summed E-state index contributed by atoms with van der Waals surface area (Å²) in [6.45, 7) is 8.87. The third kappa shape index (κ3) is 43.4. The largest absolute Gasteiger partial charge is 2.00 e. The molecule has 0 aromatic rings. The Morgan fingerprint density at radius 3 is 1.39 bits per heavy atom. The van der Waals surface area contributed by atoms with Crippen molar-refractivity contribution in [3.63, 3.8) is 0 Å². The minimum Gasteiger partial charge on any atom is -2.00 e. The molecule has 0 aliphatic heterocycles. The monoisotopic (exact) mass is 286 g/mol. The third-order valence-corrected chi connectivity index (χ3v) is 2.35. The van der Waals surface area contributed by atoms with E-state index in [4.69, 9.17) is 10.2 Å². The van der Waals surface area contributed by atoms with E-state index in [1.54, 1.807) is 0 Å². The molecule has 0 spiro atoms. The van der Waals surface area contributed by atoms with Gasteiger partial charge in [-0.1, -0.05) is 64.7 Å². The molecule has 0 radical (unpaired) electrons. The molecule has 0 atom stereocenters. The zero-order valence-electron chi connectivity index (χ0n) is 12.1. The molecular weight excluding hydrogens is 256 g/mol. The Bertz CT molecular complexity index is 98.5. The fourth-order valence-electron chi connectivity index (χ4n) is 1.49. The van der Waals surface area contributed by atoms with Gasteiger partial charge in [0, 0.05) is 6.29 Å². The first-order valence-corrected chi connectivity index (χ1v) is 6.63. The first kappa shape index (κ1) is 27.5. The molecule has 18 heavy (non-hydrogen) atoms. The van der Waals surface area contributed by atoms with Crippen molar-refractivity contribution < 1.29 is 15.7 Å². The van der Waals surface area contributed by atoms with E-state index in [2.05, 4.69) is 20.8 Å². The summed E-state index contributed by atoms with van der Waals surface area (Å²) in [6, 6.07) is 0. The number of unbranched alkanes of at least 4 members (excludes halogenated alkanes) is 9. The minimum atomic E-state index is -1.42. The van der Waals surface area contributed by atoms with Gasteiger partial charge in [0.05, 0.1) is 0 Å². The summed E-state index contributed by atoms with van der Waals surface area (Å²) in [5.74, 6) is 0. The predicted molar refractivity (Wildman–Crippen MR) is 77.2 cm³/mol. The average molecular weight is 286 g/mol. The van der Waals surface area contributed by atoms with E-state index >= 15 is 0 Å². The van der Waals surface area contributed by atoms with E-state index in [-0.39, 0.29) is 43.2 Å². The zero-order valence-corrected chi connectivity index (χ0v) is 14.3. The van der Waals surface area contributed by atoms with Crippen LogP contribution in [0.25, 0.3) is 0 Å². The molecule has 0 aromatic heterocycles. The van der Waals surface area contributed by atoms with E-state index in [9.17, 15) is 0 Å². The molecule has 4 heteroatoms. The molecule has 0 heterocycles. The summed E-state index contributed by atoms with van der Waals surface area (Å²) in [5.41, 5.74) is 0. The Morgan fingerprint density at radius 2 is 1.11 bits per heavy atom. The van der Waals surface area contributed by atoms with Crippen LogP contribution in [0.1, 0.15) is 71.1 Å². The average Bonchev–Trinajstić information content (AvgIpc) is 2.21. The molecule has 0 unspecified atom stereocenters. The second-order valence-electron chi connectivity index (χ2n) is 4.16. The van der Waals surface area contributed by atoms with Gasteiger partial charge in [-0.2, -0.15) is 6.42 Å². The predicted octanol–water partition coefficient (Wildman–Crippen LogP) is 3.37. The van der Waals surface area contributed by atoms with Gasteiger partial charge in [-0.25, -0.2) is 0 Å². The Hall–Kier alpha value is 1.14. The molecule has 0 bridgehead atoms. The second-order valence-corrected chi connectivity index (χ2v) is 4.16. The maximum absolute atomic E-state index is 7.50. The zero-order chi connectivity index (χ0) is 12.6. The minimum absolute atomic E-state index is 0. The SMILES string of the molecule is [CH2-]C(O)O.[CH2-]CCCCCCCCCCC.[Ca+2].[O-2]. The molecular formula is C14H30CaO3-2. The van der Waals surface area contributed by atoms with Crippen molar-refractivity contribution in [1.82, 2.24) is 0 Å². The Morgan fingerprint density at radius 1 is 0.833 bits per heavy atom. The quantitative estimate of drug-likeness (QED) is 0.295. The van der Waals surface area contributed by atoms with Crippen LogP contribution < -0.4 is 0 Å². The first-order valence-electron chi connectivity index (χ1n) is 6.63. The van der Waals surface area contributed by atoms with Gasteiger partial charge >= 0.3 is 37.7 Å². The van der Waals surface area contributed by atoms with Gasteiger partial charge in [0.25, 0.3) is 0 Å². The summed E-state index contributed by atoms with van der Waals surface area (Å²) < 4.78 is 0. The van der Waals surface area contributed by atoms with Gasteiger partial charge in [-0.3, -0.25) is 6.92 Å². The molecule has 0 saturated heterocycles. The van der Waals surface area contributed by atoms with Gasteiger partial charge in [-0.05, 0) is 0 Å². The molecule has 108 valence electrons. The van der Waals surface area contributed by atoms with Crippen molar-refractivity contribution in [3.8, 4) is 0 Å². The van der Waals surface area contributed by atoms with Gasteiger partial charge in [-0.15, -0.1) is 0 Å². The van der Waals surface area contributed by atoms with Crippen LogP contribution in [0.2, 0.25) is 0 Å².